The fraction of sp³-hybridized carbons (Fsp3) is 0.857. The molecule has 2 saturated heterocycles. The van der Waals surface area contributed by atoms with Gasteiger partial charge >= 0.3 is 11.9 Å². The Morgan fingerprint density at radius 2 is 1.39 bits per heavy atom. The van der Waals surface area contributed by atoms with E-state index >= 15 is 0 Å². The number of carbonyl (C=O) groups excluding carboxylic acids is 2. The Labute approximate surface area is 112 Å². The average Bonchev–Trinajstić information content (AvgIpc) is 2.56. The van der Waals surface area contributed by atoms with Crippen molar-refractivity contribution in [3.05, 3.63) is 0 Å². The lowest BCUT2D eigenvalue weighted by Gasteiger charge is -2.16. The van der Waals surface area contributed by atoms with Crippen LogP contribution in [0.1, 0.15) is 55.4 Å². The maximum atomic E-state index is 10.4. The van der Waals surface area contributed by atoms with E-state index in [2.05, 4.69) is 11.7 Å². The largest absolute Gasteiger partial charge is 0.465 e. The van der Waals surface area contributed by atoms with Gasteiger partial charge in [-0.05, 0) is 12.3 Å². The highest BCUT2D eigenvalue weighted by atomic mass is 16.5. The van der Waals surface area contributed by atoms with Crippen LogP contribution in [0, 0.1) is 11.8 Å². The number of carbonyl (C=O) groups is 2. The summed E-state index contributed by atoms with van der Waals surface area (Å²) < 4.78 is 9.38. The van der Waals surface area contributed by atoms with Gasteiger partial charge in [-0.25, -0.2) is 0 Å². The van der Waals surface area contributed by atoms with Crippen LogP contribution in [0.3, 0.4) is 0 Å². The highest BCUT2D eigenvalue weighted by Crippen LogP contribution is 2.12. The van der Waals surface area contributed by atoms with Gasteiger partial charge in [-0.1, -0.05) is 36.1 Å². The van der Waals surface area contributed by atoms with Gasteiger partial charge in [0.05, 0.1) is 19.6 Å². The SMILES string of the molecule is C.C.C.CC1CCC(=O)OC1.CC1COC(=O)C1. The Bertz CT molecular complexity index is 228. The molecule has 4 heteroatoms. The van der Waals surface area contributed by atoms with Crippen molar-refractivity contribution in [3.8, 4) is 0 Å². The maximum Gasteiger partial charge on any atom is 0.306 e. The molecule has 18 heavy (non-hydrogen) atoms. The Balaban J connectivity index is -0.000000215. The third kappa shape index (κ3) is 9.02. The zero-order chi connectivity index (χ0) is 11.3. The number of rotatable bonds is 0. The monoisotopic (exact) mass is 262 g/mol. The maximum absolute atomic E-state index is 10.4. The number of ether oxygens (including phenoxy) is 2. The summed E-state index contributed by atoms with van der Waals surface area (Å²) in [4.78, 5) is 20.6. The topological polar surface area (TPSA) is 52.6 Å². The first-order valence-electron chi connectivity index (χ1n) is 5.39. The third-order valence-electron chi connectivity index (χ3n) is 2.41. The lowest BCUT2D eigenvalue weighted by Crippen LogP contribution is -2.18. The lowest BCUT2D eigenvalue weighted by atomic mass is 10.1. The van der Waals surface area contributed by atoms with Crippen molar-refractivity contribution in [3.63, 3.8) is 0 Å². The molecule has 0 aromatic rings. The second-order valence-corrected chi connectivity index (χ2v) is 4.32. The van der Waals surface area contributed by atoms with Gasteiger partial charge in [0.2, 0.25) is 0 Å². The van der Waals surface area contributed by atoms with E-state index in [4.69, 9.17) is 4.74 Å². The molecule has 2 fully saturated rings. The molecular formula is C14H30O4. The highest BCUT2D eigenvalue weighted by Gasteiger charge is 2.18. The van der Waals surface area contributed by atoms with Crippen LogP contribution in [0.15, 0.2) is 0 Å². The second kappa shape index (κ2) is 11.1. The van der Waals surface area contributed by atoms with Crippen molar-refractivity contribution < 1.29 is 19.1 Å². The zero-order valence-electron chi connectivity index (χ0n) is 9.32. The van der Waals surface area contributed by atoms with E-state index in [0.717, 1.165) is 6.42 Å². The number of cyclic esters (lactones) is 2. The van der Waals surface area contributed by atoms with E-state index in [1.54, 1.807) is 0 Å². The van der Waals surface area contributed by atoms with Gasteiger partial charge in [-0.3, -0.25) is 9.59 Å². The van der Waals surface area contributed by atoms with Crippen molar-refractivity contribution in [1.82, 2.24) is 0 Å². The van der Waals surface area contributed by atoms with Gasteiger partial charge in [0, 0.05) is 12.3 Å². The minimum Gasteiger partial charge on any atom is -0.465 e. The van der Waals surface area contributed by atoms with Gasteiger partial charge in [-0.2, -0.15) is 0 Å². The molecule has 0 amide bonds. The summed E-state index contributed by atoms with van der Waals surface area (Å²) in [6.45, 7) is 5.34. The quantitative estimate of drug-likeness (QED) is 0.627. The predicted octanol–water partition coefficient (Wildman–Crippen LogP) is 3.44. The molecule has 0 bridgehead atoms. The average molecular weight is 262 g/mol. The van der Waals surface area contributed by atoms with Gasteiger partial charge in [-0.15, -0.1) is 0 Å². The zero-order valence-corrected chi connectivity index (χ0v) is 9.32. The number of esters is 2. The lowest BCUT2D eigenvalue weighted by molar-refractivity contribution is -0.149. The molecule has 2 aliphatic rings. The van der Waals surface area contributed by atoms with Crippen molar-refractivity contribution in [1.29, 1.82) is 0 Å². The van der Waals surface area contributed by atoms with Crippen LogP contribution in [0.5, 0.6) is 0 Å². The van der Waals surface area contributed by atoms with E-state index in [9.17, 15) is 9.59 Å². The van der Waals surface area contributed by atoms with Crippen molar-refractivity contribution >= 4 is 11.9 Å². The predicted molar refractivity (Wildman–Crippen MR) is 74.3 cm³/mol. The van der Waals surface area contributed by atoms with E-state index in [1.165, 1.54) is 0 Å². The molecule has 110 valence electrons. The molecule has 0 N–H and O–H groups in total. The Hall–Kier alpha value is -1.06. The normalized spacial score (nSPS) is 25.0. The molecule has 4 nitrogen and oxygen atoms in total. The fourth-order valence-electron chi connectivity index (χ4n) is 1.39. The molecule has 0 aromatic heterocycles. The van der Waals surface area contributed by atoms with Gasteiger partial charge in [0.25, 0.3) is 0 Å². The van der Waals surface area contributed by atoms with E-state index < -0.39 is 0 Å². The summed E-state index contributed by atoms with van der Waals surface area (Å²) >= 11 is 0. The number of hydrogen-bond donors (Lipinski definition) is 0. The minimum atomic E-state index is -0.0486. The van der Waals surface area contributed by atoms with Crippen LogP contribution in [0.25, 0.3) is 0 Å². The van der Waals surface area contributed by atoms with E-state index in [0.29, 0.717) is 37.9 Å². The van der Waals surface area contributed by atoms with Crippen molar-refractivity contribution in [2.24, 2.45) is 11.8 Å². The van der Waals surface area contributed by atoms with Crippen molar-refractivity contribution in [2.75, 3.05) is 13.2 Å². The highest BCUT2D eigenvalue weighted by molar-refractivity contribution is 5.71. The molecule has 0 saturated carbocycles. The molecule has 0 radical (unpaired) electrons. The fourth-order valence-corrected chi connectivity index (χ4v) is 1.39. The Morgan fingerprint density at radius 1 is 0.889 bits per heavy atom. The standard InChI is InChI=1S/C6H10O2.C5H8O2.3CH4/c1-5-2-3-6(7)8-4-5;1-4-2-5(6)7-3-4;;;/h5H,2-4H2,1H3;4H,2-3H2,1H3;3*1H4. The van der Waals surface area contributed by atoms with Crippen molar-refractivity contribution in [2.45, 2.75) is 55.4 Å². The molecule has 2 rings (SSSR count). The van der Waals surface area contributed by atoms with Crippen LogP contribution >= 0.6 is 0 Å². The molecule has 0 aliphatic carbocycles. The second-order valence-electron chi connectivity index (χ2n) is 4.32. The van der Waals surface area contributed by atoms with Gasteiger partial charge in [0.1, 0.15) is 0 Å². The van der Waals surface area contributed by atoms with Crippen LogP contribution in [0.2, 0.25) is 0 Å². The Morgan fingerprint density at radius 3 is 1.61 bits per heavy atom. The minimum absolute atomic E-state index is 0. The summed E-state index contributed by atoms with van der Waals surface area (Å²) in [5, 5.41) is 0. The summed E-state index contributed by atoms with van der Waals surface area (Å²) in [7, 11) is 0. The molecule has 2 aliphatic heterocycles. The first kappa shape index (κ1) is 22.1. The van der Waals surface area contributed by atoms with Crippen LogP contribution in [0.4, 0.5) is 0 Å². The van der Waals surface area contributed by atoms with E-state index in [-0.39, 0.29) is 34.2 Å². The van der Waals surface area contributed by atoms with Crippen LogP contribution in [-0.2, 0) is 19.1 Å². The van der Waals surface area contributed by atoms with E-state index in [1.807, 2.05) is 6.92 Å². The first-order valence-corrected chi connectivity index (χ1v) is 5.39. The molecular weight excluding hydrogens is 232 g/mol. The molecule has 0 spiro atoms. The summed E-state index contributed by atoms with van der Waals surface area (Å²) in [6, 6.07) is 0. The van der Waals surface area contributed by atoms with Gasteiger partial charge in [0.15, 0.2) is 0 Å². The Kier molecular flexibility index (Phi) is 13.6. The molecule has 2 unspecified atom stereocenters. The third-order valence-corrected chi connectivity index (χ3v) is 2.41. The van der Waals surface area contributed by atoms with Gasteiger partial charge < -0.3 is 9.47 Å². The smallest absolute Gasteiger partial charge is 0.306 e. The summed E-state index contributed by atoms with van der Waals surface area (Å²) in [5.74, 6) is 0.941. The van der Waals surface area contributed by atoms with Crippen LogP contribution < -0.4 is 0 Å². The summed E-state index contributed by atoms with van der Waals surface area (Å²) in [6.07, 6.45) is 2.22. The first-order chi connectivity index (χ1) is 7.08. The molecule has 2 atom stereocenters. The van der Waals surface area contributed by atoms with Crippen LogP contribution in [-0.4, -0.2) is 25.2 Å². The summed E-state index contributed by atoms with van der Waals surface area (Å²) in [5.41, 5.74) is 0. The number of hydrogen-bond acceptors (Lipinski definition) is 4. The molecule has 0 aromatic carbocycles. The molecule has 2 heterocycles.